The van der Waals surface area contributed by atoms with Crippen LogP contribution in [0.4, 0.5) is 0 Å². The first kappa shape index (κ1) is 11.6. The number of hydrogen-bond acceptors (Lipinski definition) is 1. The van der Waals surface area contributed by atoms with Crippen LogP contribution >= 0.6 is 15.9 Å². The zero-order valence-electron chi connectivity index (χ0n) is 8.52. The van der Waals surface area contributed by atoms with E-state index in [1.165, 1.54) is 31.2 Å². The Morgan fingerprint density at radius 1 is 1.36 bits per heavy atom. The predicted octanol–water partition coefficient (Wildman–Crippen LogP) is 4.08. The lowest BCUT2D eigenvalue weighted by Gasteiger charge is -2.04. The molecule has 0 unspecified atom stereocenters. The van der Waals surface area contributed by atoms with Gasteiger partial charge < -0.3 is 5.11 Å². The van der Waals surface area contributed by atoms with E-state index in [1.807, 2.05) is 6.07 Å². The van der Waals surface area contributed by atoms with Crippen LogP contribution < -0.4 is 0 Å². The summed E-state index contributed by atoms with van der Waals surface area (Å²) in [6.45, 7) is 2.21. The highest BCUT2D eigenvalue weighted by molar-refractivity contribution is 9.10. The van der Waals surface area contributed by atoms with Gasteiger partial charge >= 0.3 is 0 Å². The zero-order valence-corrected chi connectivity index (χ0v) is 10.1. The average Bonchev–Trinajstić information content (AvgIpc) is 2.15. The fourth-order valence-corrected chi connectivity index (χ4v) is 1.95. The normalized spacial score (nSPS) is 10.4. The molecule has 0 bridgehead atoms. The van der Waals surface area contributed by atoms with Gasteiger partial charge in [0.1, 0.15) is 5.75 Å². The maximum atomic E-state index is 9.16. The first-order valence-corrected chi connectivity index (χ1v) is 5.92. The molecule has 14 heavy (non-hydrogen) atoms. The third-order valence-electron chi connectivity index (χ3n) is 2.26. The molecule has 1 N–H and O–H groups in total. The standard InChI is InChI=1S/C12H16BrO/c1-2-3-4-5-6-10-7-8-11(14)9-12(10)13/h7,9,14H,2-6H2,1H3. The van der Waals surface area contributed by atoms with E-state index < -0.39 is 0 Å². The third kappa shape index (κ3) is 3.70. The van der Waals surface area contributed by atoms with Crippen LogP contribution in [-0.2, 0) is 6.42 Å². The van der Waals surface area contributed by atoms with Crippen molar-refractivity contribution in [2.24, 2.45) is 0 Å². The third-order valence-corrected chi connectivity index (χ3v) is 3.00. The number of unbranched alkanes of at least 4 members (excludes halogenated alkanes) is 3. The van der Waals surface area contributed by atoms with Gasteiger partial charge in [0, 0.05) is 10.5 Å². The van der Waals surface area contributed by atoms with Gasteiger partial charge in [-0.2, -0.15) is 0 Å². The molecule has 0 spiro atoms. The van der Waals surface area contributed by atoms with Crippen LogP contribution in [0.1, 0.15) is 38.2 Å². The Morgan fingerprint density at radius 3 is 2.79 bits per heavy atom. The van der Waals surface area contributed by atoms with E-state index in [-0.39, 0.29) is 5.75 Å². The Hall–Kier alpha value is -0.500. The van der Waals surface area contributed by atoms with Crippen LogP contribution in [0.25, 0.3) is 0 Å². The van der Waals surface area contributed by atoms with Crippen LogP contribution in [0.3, 0.4) is 0 Å². The van der Waals surface area contributed by atoms with Gasteiger partial charge in [-0.05, 0) is 30.5 Å². The molecule has 77 valence electrons. The molecule has 0 heterocycles. The molecule has 1 radical (unpaired) electrons. The van der Waals surface area contributed by atoms with Gasteiger partial charge in [-0.1, -0.05) is 42.1 Å². The highest BCUT2D eigenvalue weighted by atomic mass is 79.9. The Labute approximate surface area is 94.3 Å². The van der Waals surface area contributed by atoms with Crippen molar-refractivity contribution in [3.05, 3.63) is 28.2 Å². The highest BCUT2D eigenvalue weighted by Crippen LogP contribution is 2.23. The average molecular weight is 256 g/mol. The van der Waals surface area contributed by atoms with Gasteiger partial charge in [0.05, 0.1) is 0 Å². The Balaban J connectivity index is 2.42. The second-order valence-electron chi connectivity index (χ2n) is 3.50. The van der Waals surface area contributed by atoms with Gasteiger partial charge in [0.2, 0.25) is 0 Å². The van der Waals surface area contributed by atoms with Crippen molar-refractivity contribution in [2.75, 3.05) is 0 Å². The molecule has 2 heteroatoms. The van der Waals surface area contributed by atoms with E-state index in [0.29, 0.717) is 0 Å². The lowest BCUT2D eigenvalue weighted by Crippen LogP contribution is -1.87. The van der Waals surface area contributed by atoms with Crippen molar-refractivity contribution in [1.82, 2.24) is 0 Å². The largest absolute Gasteiger partial charge is 0.507 e. The Morgan fingerprint density at radius 2 is 2.14 bits per heavy atom. The van der Waals surface area contributed by atoms with Crippen molar-refractivity contribution in [3.8, 4) is 5.75 Å². The first-order valence-electron chi connectivity index (χ1n) is 5.13. The molecule has 1 nitrogen and oxygen atoms in total. The van der Waals surface area contributed by atoms with Gasteiger partial charge in [-0.3, -0.25) is 0 Å². The van der Waals surface area contributed by atoms with E-state index >= 15 is 0 Å². The smallest absolute Gasteiger partial charge is 0.124 e. The molecule has 1 rings (SSSR count). The molecule has 1 aromatic carbocycles. The quantitative estimate of drug-likeness (QED) is 0.787. The number of rotatable bonds is 5. The number of phenols is 1. The molecule has 0 aromatic heterocycles. The number of phenolic OH excluding ortho intramolecular Hbond substituents is 1. The van der Waals surface area contributed by atoms with E-state index in [9.17, 15) is 0 Å². The molecule has 0 aliphatic heterocycles. The molecule has 0 aliphatic rings. The van der Waals surface area contributed by atoms with Crippen LogP contribution in [0, 0.1) is 6.07 Å². The minimum absolute atomic E-state index is 0.203. The Bertz CT molecular complexity index is 284. The van der Waals surface area contributed by atoms with Crippen molar-refractivity contribution in [1.29, 1.82) is 0 Å². The minimum Gasteiger partial charge on any atom is -0.507 e. The topological polar surface area (TPSA) is 20.2 Å². The first-order chi connectivity index (χ1) is 6.74. The maximum absolute atomic E-state index is 9.16. The van der Waals surface area contributed by atoms with Crippen molar-refractivity contribution < 1.29 is 5.11 Å². The highest BCUT2D eigenvalue weighted by Gasteiger charge is 2.00. The van der Waals surface area contributed by atoms with E-state index in [4.69, 9.17) is 5.11 Å². The summed E-state index contributed by atoms with van der Waals surface area (Å²) in [4.78, 5) is 0. The molecular weight excluding hydrogens is 240 g/mol. The monoisotopic (exact) mass is 255 g/mol. The summed E-state index contributed by atoms with van der Waals surface area (Å²) >= 11 is 3.44. The molecule has 0 saturated heterocycles. The van der Waals surface area contributed by atoms with E-state index in [2.05, 4.69) is 28.9 Å². The summed E-state index contributed by atoms with van der Waals surface area (Å²) in [5.41, 5.74) is 1.24. The second kappa shape index (κ2) is 6.07. The van der Waals surface area contributed by atoms with Crippen molar-refractivity contribution in [3.63, 3.8) is 0 Å². The number of aryl methyl sites for hydroxylation is 1. The molecular formula is C12H16BrO. The minimum atomic E-state index is 0.203. The summed E-state index contributed by atoms with van der Waals surface area (Å²) in [6.07, 6.45) is 6.13. The molecule has 0 saturated carbocycles. The van der Waals surface area contributed by atoms with Crippen LogP contribution in [0.5, 0.6) is 5.75 Å². The van der Waals surface area contributed by atoms with Crippen molar-refractivity contribution in [2.45, 2.75) is 39.0 Å². The van der Waals surface area contributed by atoms with E-state index in [0.717, 1.165) is 10.9 Å². The molecule has 1 aromatic rings. The van der Waals surface area contributed by atoms with Crippen LogP contribution in [-0.4, -0.2) is 5.11 Å². The fraction of sp³-hybridized carbons (Fsp3) is 0.500. The van der Waals surface area contributed by atoms with Crippen molar-refractivity contribution >= 4 is 15.9 Å². The molecule has 0 atom stereocenters. The number of halogens is 1. The predicted molar refractivity (Wildman–Crippen MR) is 62.5 cm³/mol. The van der Waals surface area contributed by atoms with Gasteiger partial charge in [-0.25, -0.2) is 0 Å². The lowest BCUT2D eigenvalue weighted by atomic mass is 10.1. The summed E-state index contributed by atoms with van der Waals surface area (Å²) in [6, 6.07) is 6.38. The zero-order chi connectivity index (χ0) is 10.4. The van der Waals surface area contributed by atoms with Gasteiger partial charge in [-0.15, -0.1) is 0 Å². The Kier molecular flexibility index (Phi) is 5.02. The maximum Gasteiger partial charge on any atom is 0.124 e. The molecule has 0 amide bonds. The molecule has 0 fully saturated rings. The fourth-order valence-electron chi connectivity index (χ4n) is 1.42. The number of aromatic hydroxyl groups is 1. The SMILES string of the molecule is CCCCCCc1c[c]c(O)cc1Br. The van der Waals surface area contributed by atoms with Crippen LogP contribution in [0.2, 0.25) is 0 Å². The molecule has 0 aliphatic carbocycles. The van der Waals surface area contributed by atoms with Gasteiger partial charge in [0.25, 0.3) is 0 Å². The summed E-state index contributed by atoms with van der Waals surface area (Å²) in [7, 11) is 0. The second-order valence-corrected chi connectivity index (χ2v) is 4.36. The summed E-state index contributed by atoms with van der Waals surface area (Å²) in [5.74, 6) is 0.203. The number of hydrogen-bond donors (Lipinski definition) is 1. The number of benzene rings is 1. The lowest BCUT2D eigenvalue weighted by molar-refractivity contribution is 0.473. The van der Waals surface area contributed by atoms with E-state index in [1.54, 1.807) is 6.07 Å². The summed E-state index contributed by atoms with van der Waals surface area (Å²) < 4.78 is 0.991. The van der Waals surface area contributed by atoms with Gasteiger partial charge in [0.15, 0.2) is 0 Å². The van der Waals surface area contributed by atoms with Crippen LogP contribution in [0.15, 0.2) is 16.6 Å². The summed E-state index contributed by atoms with van der Waals surface area (Å²) in [5, 5.41) is 9.16.